The van der Waals surface area contributed by atoms with Crippen molar-refractivity contribution < 1.29 is 13.9 Å². The van der Waals surface area contributed by atoms with Crippen LogP contribution in [0.5, 0.6) is 11.5 Å². The van der Waals surface area contributed by atoms with Crippen LogP contribution in [0.25, 0.3) is 10.9 Å². The molecule has 0 saturated carbocycles. The van der Waals surface area contributed by atoms with Crippen molar-refractivity contribution >= 4 is 10.9 Å². The number of pyridine rings is 1. The van der Waals surface area contributed by atoms with Crippen LogP contribution in [0, 0.1) is 0 Å². The molecule has 35 heavy (non-hydrogen) atoms. The fourth-order valence-electron chi connectivity index (χ4n) is 4.44. The summed E-state index contributed by atoms with van der Waals surface area (Å²) in [4.78, 5) is 18.3. The maximum absolute atomic E-state index is 13.1. The molecule has 0 unspecified atom stereocenters. The molecule has 0 fully saturated rings. The van der Waals surface area contributed by atoms with Crippen LogP contribution in [0.3, 0.4) is 0 Å². The Morgan fingerprint density at radius 2 is 1.97 bits per heavy atom. The van der Waals surface area contributed by atoms with Gasteiger partial charge in [0.05, 0.1) is 29.9 Å². The van der Waals surface area contributed by atoms with Crippen molar-refractivity contribution in [3.63, 3.8) is 0 Å². The molecule has 1 aromatic carbocycles. The van der Waals surface area contributed by atoms with Crippen LogP contribution in [0.1, 0.15) is 63.7 Å². The number of benzene rings is 1. The number of ether oxygens (including phenoxy) is 2. The molecule has 0 aliphatic carbocycles. The summed E-state index contributed by atoms with van der Waals surface area (Å²) < 4.78 is 18.5. The summed E-state index contributed by atoms with van der Waals surface area (Å²) in [7, 11) is 0. The largest absolute Gasteiger partial charge is 0.468 e. The highest BCUT2D eigenvalue weighted by Gasteiger charge is 2.31. The molecule has 5 rings (SSSR count). The van der Waals surface area contributed by atoms with Gasteiger partial charge in [-0.1, -0.05) is 13.8 Å². The molecule has 0 saturated heterocycles. The van der Waals surface area contributed by atoms with E-state index in [4.69, 9.17) is 13.9 Å². The number of hydrogen-bond donors (Lipinski definition) is 1. The van der Waals surface area contributed by atoms with Crippen molar-refractivity contribution in [1.29, 1.82) is 0 Å². The summed E-state index contributed by atoms with van der Waals surface area (Å²) in [6, 6.07) is 9.28. The van der Waals surface area contributed by atoms with Gasteiger partial charge >= 0.3 is 0 Å². The Bertz CT molecular complexity index is 1370. The maximum atomic E-state index is 13.1. The fourth-order valence-corrected chi connectivity index (χ4v) is 4.44. The van der Waals surface area contributed by atoms with Crippen LogP contribution in [-0.2, 0) is 18.6 Å². The predicted octanol–water partition coefficient (Wildman–Crippen LogP) is 4.13. The number of nitrogens with one attached hydrogen (secondary N) is 1. The summed E-state index contributed by atoms with van der Waals surface area (Å²) in [5.41, 5.74) is 0.950. The molecule has 10 nitrogen and oxygen atoms in total. The van der Waals surface area contributed by atoms with E-state index in [2.05, 4.69) is 53.1 Å². The first-order valence-electron chi connectivity index (χ1n) is 11.9. The molecule has 10 heteroatoms. The molecule has 4 heterocycles. The van der Waals surface area contributed by atoms with Crippen molar-refractivity contribution in [1.82, 2.24) is 30.1 Å². The molecule has 4 aromatic rings. The molecule has 0 amide bonds. The first kappa shape index (κ1) is 23.1. The normalized spacial score (nSPS) is 14.2. The molecular formula is C25H30N6O4. The highest BCUT2D eigenvalue weighted by Crippen LogP contribution is 2.36. The van der Waals surface area contributed by atoms with Crippen LogP contribution in [0.2, 0.25) is 0 Å². The molecule has 0 radical (unpaired) electrons. The number of rotatable bonds is 9. The van der Waals surface area contributed by atoms with Gasteiger partial charge in [-0.15, -0.1) is 5.10 Å². The van der Waals surface area contributed by atoms with Gasteiger partial charge < -0.3 is 18.9 Å². The van der Waals surface area contributed by atoms with E-state index in [-0.39, 0.29) is 23.9 Å². The summed E-state index contributed by atoms with van der Waals surface area (Å²) in [5.74, 6) is 2.89. The van der Waals surface area contributed by atoms with Gasteiger partial charge in [-0.2, -0.15) is 0 Å². The second kappa shape index (κ2) is 9.18. The Hall–Kier alpha value is -3.66. The van der Waals surface area contributed by atoms with Gasteiger partial charge in [-0.25, -0.2) is 4.68 Å². The molecule has 0 bridgehead atoms. The van der Waals surface area contributed by atoms with Gasteiger partial charge in [0.1, 0.15) is 5.76 Å². The smallest absolute Gasteiger partial charge is 0.252 e. The Balaban J connectivity index is 1.54. The number of aromatic nitrogens is 5. The van der Waals surface area contributed by atoms with Crippen molar-refractivity contribution in [2.75, 3.05) is 6.79 Å². The zero-order valence-corrected chi connectivity index (χ0v) is 20.4. The third-order valence-corrected chi connectivity index (χ3v) is 6.78. The third kappa shape index (κ3) is 4.41. The van der Waals surface area contributed by atoms with Crippen LogP contribution < -0.4 is 15.0 Å². The lowest BCUT2D eigenvalue weighted by molar-refractivity contribution is 0.140. The number of hydrogen-bond acceptors (Lipinski definition) is 8. The quantitative estimate of drug-likeness (QED) is 0.382. The molecule has 1 N–H and O–H groups in total. The van der Waals surface area contributed by atoms with E-state index < -0.39 is 0 Å². The number of nitrogens with zero attached hydrogens (tertiary/aromatic N) is 5. The number of furan rings is 1. The van der Waals surface area contributed by atoms with E-state index in [0.717, 1.165) is 29.8 Å². The summed E-state index contributed by atoms with van der Waals surface area (Å²) in [6.45, 7) is 9.53. The van der Waals surface area contributed by atoms with E-state index in [9.17, 15) is 4.79 Å². The summed E-state index contributed by atoms with van der Waals surface area (Å²) >= 11 is 0. The second-order valence-electron chi connectivity index (χ2n) is 9.44. The average Bonchev–Trinajstić information content (AvgIpc) is 3.61. The molecule has 1 atom stereocenters. The Kier molecular flexibility index (Phi) is 6.06. The SMILES string of the molecule is CC[C@@H](c1nnnn1C(C)(C)CC)N(Cc1ccco1)Cc1cc2cc3c(cc2[nH]c1=O)OCO3. The molecule has 1 aliphatic rings. The van der Waals surface area contributed by atoms with Gasteiger partial charge in [0, 0.05) is 23.6 Å². The third-order valence-electron chi connectivity index (χ3n) is 6.78. The van der Waals surface area contributed by atoms with Crippen LogP contribution in [-0.4, -0.2) is 36.9 Å². The zero-order valence-electron chi connectivity index (χ0n) is 20.4. The average molecular weight is 479 g/mol. The highest BCUT2D eigenvalue weighted by molar-refractivity contribution is 5.83. The topological polar surface area (TPSA) is 111 Å². The van der Waals surface area contributed by atoms with Gasteiger partial charge in [-0.3, -0.25) is 9.69 Å². The number of aromatic amines is 1. The first-order chi connectivity index (χ1) is 16.9. The minimum atomic E-state index is -0.245. The minimum Gasteiger partial charge on any atom is -0.468 e. The molecule has 1 aliphatic heterocycles. The van der Waals surface area contributed by atoms with E-state index in [1.807, 2.05) is 28.9 Å². The minimum absolute atomic E-state index is 0.132. The monoisotopic (exact) mass is 478 g/mol. The van der Waals surface area contributed by atoms with E-state index >= 15 is 0 Å². The first-order valence-corrected chi connectivity index (χ1v) is 11.9. The van der Waals surface area contributed by atoms with Crippen molar-refractivity contribution in [2.24, 2.45) is 0 Å². The van der Waals surface area contributed by atoms with E-state index in [1.165, 1.54) is 0 Å². The van der Waals surface area contributed by atoms with Gasteiger partial charge in [0.2, 0.25) is 6.79 Å². The second-order valence-corrected chi connectivity index (χ2v) is 9.44. The Morgan fingerprint density at radius 3 is 2.69 bits per heavy atom. The molecular weight excluding hydrogens is 448 g/mol. The Morgan fingerprint density at radius 1 is 1.17 bits per heavy atom. The molecule has 184 valence electrons. The Labute approximate surface area is 202 Å². The zero-order chi connectivity index (χ0) is 24.6. The number of tetrazole rings is 1. The lowest BCUT2D eigenvalue weighted by Gasteiger charge is -2.32. The predicted molar refractivity (Wildman–Crippen MR) is 129 cm³/mol. The van der Waals surface area contributed by atoms with E-state index in [1.54, 1.807) is 12.3 Å². The maximum Gasteiger partial charge on any atom is 0.252 e. The standard InChI is InChI=1S/C25H30N6O4/c1-5-20(23-27-28-29-31(23)25(3,4)6-2)30(14-18-8-7-9-33-18)13-17-10-16-11-21-22(35-15-34-21)12-19(16)26-24(17)32/h7-12,20H,5-6,13-15H2,1-4H3,(H,26,32)/t20-/m0/s1. The van der Waals surface area contributed by atoms with Gasteiger partial charge in [0.25, 0.3) is 5.56 Å². The van der Waals surface area contributed by atoms with Crippen LogP contribution >= 0.6 is 0 Å². The van der Waals surface area contributed by atoms with Gasteiger partial charge in [0.15, 0.2) is 17.3 Å². The van der Waals surface area contributed by atoms with Crippen molar-refractivity contribution in [3.8, 4) is 11.5 Å². The van der Waals surface area contributed by atoms with Crippen molar-refractivity contribution in [2.45, 2.75) is 65.2 Å². The van der Waals surface area contributed by atoms with Crippen LogP contribution in [0.4, 0.5) is 0 Å². The van der Waals surface area contributed by atoms with Gasteiger partial charge in [-0.05, 0) is 61.4 Å². The summed E-state index contributed by atoms with van der Waals surface area (Å²) in [6.07, 6.45) is 3.29. The number of fused-ring (bicyclic) bond motifs is 2. The van der Waals surface area contributed by atoms with Crippen LogP contribution in [0.15, 0.2) is 45.8 Å². The molecule has 0 spiro atoms. The van der Waals surface area contributed by atoms with E-state index in [0.29, 0.717) is 35.7 Å². The lowest BCUT2D eigenvalue weighted by Crippen LogP contribution is -2.36. The fraction of sp³-hybridized carbons (Fsp3) is 0.440. The summed E-state index contributed by atoms with van der Waals surface area (Å²) in [5, 5.41) is 13.6. The lowest BCUT2D eigenvalue weighted by atomic mass is 10.0. The number of H-pyrrole nitrogens is 1. The van der Waals surface area contributed by atoms with Crippen molar-refractivity contribution in [3.05, 3.63) is 64.1 Å². The molecule has 3 aromatic heterocycles. The highest BCUT2D eigenvalue weighted by atomic mass is 16.7.